The van der Waals surface area contributed by atoms with Gasteiger partial charge in [-0.3, -0.25) is 0 Å². The summed E-state index contributed by atoms with van der Waals surface area (Å²) in [6, 6.07) is 6.40. The summed E-state index contributed by atoms with van der Waals surface area (Å²) < 4.78 is 0. The first kappa shape index (κ1) is 9.34. The molecular weight excluding hydrogens is 168 g/mol. The topological polar surface area (TPSA) is 0 Å². The van der Waals surface area contributed by atoms with Crippen molar-refractivity contribution in [1.82, 2.24) is 0 Å². The second-order valence-electron chi connectivity index (χ2n) is 2.90. The zero-order chi connectivity index (χ0) is 8.97. The highest BCUT2D eigenvalue weighted by Gasteiger charge is 1.91. The van der Waals surface area contributed by atoms with E-state index in [4.69, 9.17) is 11.6 Å². The van der Waals surface area contributed by atoms with Gasteiger partial charge in [0.1, 0.15) is 0 Å². The number of rotatable bonds is 2. The second kappa shape index (κ2) is 4.32. The van der Waals surface area contributed by atoms with Crippen molar-refractivity contribution in [1.29, 1.82) is 0 Å². The van der Waals surface area contributed by atoms with Crippen molar-refractivity contribution in [3.8, 4) is 0 Å². The van der Waals surface area contributed by atoms with Gasteiger partial charge in [0.15, 0.2) is 0 Å². The summed E-state index contributed by atoms with van der Waals surface area (Å²) in [6.07, 6.45) is 3.99. The lowest BCUT2D eigenvalue weighted by atomic mass is 10.1. The lowest BCUT2D eigenvalue weighted by molar-refractivity contribution is 1.33. The largest absolute Gasteiger partial charge is 0.122 e. The first-order valence-corrected chi connectivity index (χ1v) is 4.57. The van der Waals surface area contributed by atoms with Gasteiger partial charge < -0.3 is 0 Å². The van der Waals surface area contributed by atoms with Gasteiger partial charge in [-0.1, -0.05) is 30.4 Å². The molecule has 1 aromatic rings. The van der Waals surface area contributed by atoms with Crippen LogP contribution < -0.4 is 0 Å². The summed E-state index contributed by atoms with van der Waals surface area (Å²) in [7, 11) is 0. The van der Waals surface area contributed by atoms with Crippen LogP contribution in [0.25, 0.3) is 6.08 Å². The summed E-state index contributed by atoms with van der Waals surface area (Å²) in [5, 5.41) is 0. The molecule has 0 saturated carbocycles. The summed E-state index contributed by atoms with van der Waals surface area (Å²) in [6.45, 7) is 4.23. The van der Waals surface area contributed by atoms with Crippen molar-refractivity contribution in [2.45, 2.75) is 13.8 Å². The van der Waals surface area contributed by atoms with Gasteiger partial charge in [-0.2, -0.15) is 0 Å². The Morgan fingerprint density at radius 2 is 2.00 bits per heavy atom. The molecule has 1 rings (SSSR count). The minimum absolute atomic E-state index is 0.576. The lowest BCUT2D eigenvalue weighted by Gasteiger charge is -1.99. The number of alkyl halides is 1. The second-order valence-corrected chi connectivity index (χ2v) is 3.21. The minimum atomic E-state index is 0.576. The van der Waals surface area contributed by atoms with E-state index in [9.17, 15) is 0 Å². The molecular formula is C11H13Cl. The maximum absolute atomic E-state index is 5.54. The fourth-order valence-corrected chi connectivity index (χ4v) is 1.14. The molecule has 0 fully saturated rings. The van der Waals surface area contributed by atoms with E-state index in [1.807, 2.05) is 12.2 Å². The monoisotopic (exact) mass is 180 g/mol. The molecule has 0 atom stereocenters. The predicted molar refractivity (Wildman–Crippen MR) is 55.7 cm³/mol. The fourth-order valence-electron chi connectivity index (χ4n) is 1.05. The van der Waals surface area contributed by atoms with Gasteiger partial charge in [0.2, 0.25) is 0 Å². The van der Waals surface area contributed by atoms with Gasteiger partial charge in [0.25, 0.3) is 0 Å². The van der Waals surface area contributed by atoms with E-state index in [0.29, 0.717) is 5.88 Å². The highest BCUT2D eigenvalue weighted by molar-refractivity contribution is 6.19. The Balaban J connectivity index is 2.89. The van der Waals surface area contributed by atoms with Crippen molar-refractivity contribution in [3.05, 3.63) is 41.0 Å². The molecule has 64 valence electrons. The molecule has 1 heteroatoms. The molecule has 0 amide bonds. The zero-order valence-corrected chi connectivity index (χ0v) is 8.23. The SMILES string of the molecule is Cc1ccc(/C=C/CCl)cc1C. The van der Waals surface area contributed by atoms with Gasteiger partial charge in [0, 0.05) is 5.88 Å². The molecule has 0 radical (unpaired) electrons. The maximum Gasteiger partial charge on any atom is 0.0407 e. The number of benzene rings is 1. The van der Waals surface area contributed by atoms with Crippen LogP contribution in [0.2, 0.25) is 0 Å². The molecule has 0 aliphatic heterocycles. The summed E-state index contributed by atoms with van der Waals surface area (Å²) in [5.41, 5.74) is 3.88. The van der Waals surface area contributed by atoms with Gasteiger partial charge in [-0.25, -0.2) is 0 Å². The van der Waals surface area contributed by atoms with Crippen molar-refractivity contribution >= 4 is 17.7 Å². The van der Waals surface area contributed by atoms with E-state index in [2.05, 4.69) is 32.0 Å². The van der Waals surface area contributed by atoms with E-state index in [1.165, 1.54) is 16.7 Å². The van der Waals surface area contributed by atoms with E-state index >= 15 is 0 Å². The Labute approximate surface area is 78.9 Å². The molecule has 12 heavy (non-hydrogen) atoms. The van der Waals surface area contributed by atoms with Crippen LogP contribution in [0.1, 0.15) is 16.7 Å². The molecule has 1 aromatic carbocycles. The van der Waals surface area contributed by atoms with Gasteiger partial charge in [-0.15, -0.1) is 11.6 Å². The van der Waals surface area contributed by atoms with Crippen LogP contribution in [0.5, 0.6) is 0 Å². The average Bonchev–Trinajstić information content (AvgIpc) is 2.07. The fraction of sp³-hybridized carbons (Fsp3) is 0.273. The molecule has 0 nitrogen and oxygen atoms in total. The minimum Gasteiger partial charge on any atom is -0.122 e. The van der Waals surface area contributed by atoms with Crippen LogP contribution in [0.3, 0.4) is 0 Å². The van der Waals surface area contributed by atoms with E-state index < -0.39 is 0 Å². The number of hydrogen-bond donors (Lipinski definition) is 0. The van der Waals surface area contributed by atoms with Crippen LogP contribution in [0.15, 0.2) is 24.3 Å². The highest BCUT2D eigenvalue weighted by Crippen LogP contribution is 2.10. The Bertz CT molecular complexity index is 287. The first-order valence-electron chi connectivity index (χ1n) is 4.04. The van der Waals surface area contributed by atoms with E-state index in [-0.39, 0.29) is 0 Å². The Kier molecular flexibility index (Phi) is 3.36. The lowest BCUT2D eigenvalue weighted by Crippen LogP contribution is -1.81. The smallest absolute Gasteiger partial charge is 0.0407 e. The molecule has 0 aliphatic rings. The van der Waals surface area contributed by atoms with Crippen molar-refractivity contribution in [2.75, 3.05) is 5.88 Å². The number of allylic oxidation sites excluding steroid dienone is 1. The van der Waals surface area contributed by atoms with E-state index in [0.717, 1.165) is 0 Å². The molecule has 0 spiro atoms. The molecule has 0 bridgehead atoms. The van der Waals surface area contributed by atoms with Crippen LogP contribution in [-0.2, 0) is 0 Å². The highest BCUT2D eigenvalue weighted by atomic mass is 35.5. The number of hydrogen-bond acceptors (Lipinski definition) is 0. The third-order valence-corrected chi connectivity index (χ3v) is 2.11. The Hall–Kier alpha value is -0.750. The standard InChI is InChI=1S/C11H13Cl/c1-9-5-6-11(4-3-7-12)8-10(9)2/h3-6,8H,7H2,1-2H3/b4-3+. The number of aryl methyl sites for hydroxylation is 2. The number of halogens is 1. The Morgan fingerprint density at radius 3 is 2.58 bits per heavy atom. The van der Waals surface area contributed by atoms with Crippen molar-refractivity contribution < 1.29 is 0 Å². The summed E-state index contributed by atoms with van der Waals surface area (Å²) in [5.74, 6) is 0.576. The molecule has 0 saturated heterocycles. The van der Waals surface area contributed by atoms with Crippen LogP contribution in [0.4, 0.5) is 0 Å². The molecule has 0 heterocycles. The molecule has 0 aliphatic carbocycles. The third kappa shape index (κ3) is 2.38. The van der Waals surface area contributed by atoms with Gasteiger partial charge in [-0.05, 0) is 30.5 Å². The summed E-state index contributed by atoms with van der Waals surface area (Å²) in [4.78, 5) is 0. The van der Waals surface area contributed by atoms with Crippen molar-refractivity contribution in [2.24, 2.45) is 0 Å². The predicted octanol–water partition coefficient (Wildman–Crippen LogP) is 3.56. The average molecular weight is 181 g/mol. The van der Waals surface area contributed by atoms with Gasteiger partial charge >= 0.3 is 0 Å². The molecule has 0 unspecified atom stereocenters. The molecule has 0 N–H and O–H groups in total. The third-order valence-electron chi connectivity index (χ3n) is 1.93. The molecule has 0 aromatic heterocycles. The van der Waals surface area contributed by atoms with Crippen molar-refractivity contribution in [3.63, 3.8) is 0 Å². The van der Waals surface area contributed by atoms with Crippen LogP contribution >= 0.6 is 11.6 Å². The van der Waals surface area contributed by atoms with Crippen LogP contribution in [-0.4, -0.2) is 5.88 Å². The van der Waals surface area contributed by atoms with Crippen LogP contribution in [0, 0.1) is 13.8 Å². The first-order chi connectivity index (χ1) is 5.74. The zero-order valence-electron chi connectivity index (χ0n) is 7.47. The summed E-state index contributed by atoms with van der Waals surface area (Å²) >= 11 is 5.54. The van der Waals surface area contributed by atoms with E-state index in [1.54, 1.807) is 0 Å². The Morgan fingerprint density at radius 1 is 1.25 bits per heavy atom. The normalized spacial score (nSPS) is 10.9. The quantitative estimate of drug-likeness (QED) is 0.611. The van der Waals surface area contributed by atoms with Gasteiger partial charge in [0.05, 0.1) is 0 Å². The maximum atomic E-state index is 5.54.